The van der Waals surface area contributed by atoms with E-state index in [9.17, 15) is 22.8 Å². The Labute approximate surface area is 117 Å². The lowest BCUT2D eigenvalue weighted by Gasteiger charge is -2.28. The molecular formula is C13H9F3N2O3. The zero-order chi connectivity index (χ0) is 15.6. The summed E-state index contributed by atoms with van der Waals surface area (Å²) in [5, 5.41) is 8.80. The topological polar surface area (TPSA) is 70.4 Å². The molecule has 0 bridgehead atoms. The first kappa shape index (κ1) is 14.8. The number of hydrogen-bond donors (Lipinski definition) is 0. The molecule has 1 aliphatic heterocycles. The van der Waals surface area contributed by atoms with E-state index in [0.29, 0.717) is 5.69 Å². The third-order valence-corrected chi connectivity index (χ3v) is 2.93. The van der Waals surface area contributed by atoms with E-state index in [1.165, 1.54) is 17.0 Å². The molecule has 1 amide bonds. The maximum atomic E-state index is 12.0. The minimum Gasteiger partial charge on any atom is -0.406 e. The molecule has 0 N–H and O–H groups in total. The second-order valence-electron chi connectivity index (χ2n) is 4.31. The molecule has 1 aliphatic rings. The highest BCUT2D eigenvalue weighted by molar-refractivity contribution is 6.13. The lowest BCUT2D eigenvalue weighted by Crippen LogP contribution is -2.45. The number of ketones is 1. The lowest BCUT2D eigenvalue weighted by molar-refractivity contribution is -0.274. The van der Waals surface area contributed by atoms with Gasteiger partial charge >= 0.3 is 6.36 Å². The highest BCUT2D eigenvalue weighted by Gasteiger charge is 2.36. The molecule has 1 aromatic rings. The zero-order valence-corrected chi connectivity index (χ0v) is 10.6. The van der Waals surface area contributed by atoms with Crippen LogP contribution in [0.4, 0.5) is 18.9 Å². The Morgan fingerprint density at radius 3 is 2.38 bits per heavy atom. The van der Waals surface area contributed by atoms with Crippen molar-refractivity contribution in [2.45, 2.75) is 12.8 Å². The average Bonchev–Trinajstić information content (AvgIpc) is 2.39. The first-order valence-corrected chi connectivity index (χ1v) is 5.91. The number of benzene rings is 1. The molecule has 0 aromatic heterocycles. The molecule has 1 saturated heterocycles. The summed E-state index contributed by atoms with van der Waals surface area (Å²) in [5.74, 6) is -2.89. The minimum atomic E-state index is -4.79. The fourth-order valence-corrected chi connectivity index (χ4v) is 1.98. The van der Waals surface area contributed by atoms with Crippen LogP contribution in [0.1, 0.15) is 6.42 Å². The molecule has 8 heteroatoms. The molecule has 1 atom stereocenters. The largest absolute Gasteiger partial charge is 0.573 e. The van der Waals surface area contributed by atoms with E-state index in [1.807, 2.05) is 0 Å². The predicted octanol–water partition coefficient (Wildman–Crippen LogP) is 2.03. The summed E-state index contributed by atoms with van der Waals surface area (Å²) in [6, 6.07) is 6.29. The van der Waals surface area contributed by atoms with Crippen LogP contribution in [0.2, 0.25) is 0 Å². The average molecular weight is 298 g/mol. The van der Waals surface area contributed by atoms with Crippen LogP contribution in [0, 0.1) is 17.2 Å². The van der Waals surface area contributed by atoms with Crippen molar-refractivity contribution in [2.75, 3.05) is 11.4 Å². The molecule has 0 radical (unpaired) electrons. The van der Waals surface area contributed by atoms with Crippen molar-refractivity contribution < 1.29 is 27.5 Å². The molecule has 2 rings (SSSR count). The van der Waals surface area contributed by atoms with Gasteiger partial charge in [-0.3, -0.25) is 9.59 Å². The van der Waals surface area contributed by atoms with Crippen molar-refractivity contribution in [3.05, 3.63) is 24.3 Å². The second-order valence-corrected chi connectivity index (χ2v) is 4.31. The van der Waals surface area contributed by atoms with Gasteiger partial charge in [0.15, 0.2) is 11.7 Å². The van der Waals surface area contributed by atoms with Crippen molar-refractivity contribution in [2.24, 2.45) is 5.92 Å². The Morgan fingerprint density at radius 2 is 1.86 bits per heavy atom. The molecule has 1 aromatic carbocycles. The van der Waals surface area contributed by atoms with Crippen LogP contribution in [0.15, 0.2) is 24.3 Å². The fraction of sp³-hybridized carbons (Fsp3) is 0.308. The number of ether oxygens (including phenoxy) is 1. The Kier molecular flexibility index (Phi) is 3.84. The van der Waals surface area contributed by atoms with E-state index >= 15 is 0 Å². The van der Waals surface area contributed by atoms with Crippen LogP contribution in [0.3, 0.4) is 0 Å². The Hall–Kier alpha value is -2.56. The van der Waals surface area contributed by atoms with Crippen molar-refractivity contribution >= 4 is 17.4 Å². The van der Waals surface area contributed by atoms with Crippen LogP contribution in [-0.4, -0.2) is 24.6 Å². The van der Waals surface area contributed by atoms with Gasteiger partial charge in [-0.15, -0.1) is 13.2 Å². The number of rotatable bonds is 2. The van der Waals surface area contributed by atoms with Gasteiger partial charge in [0.05, 0.1) is 6.07 Å². The Bertz CT molecular complexity index is 605. The van der Waals surface area contributed by atoms with Gasteiger partial charge in [0.1, 0.15) is 5.75 Å². The molecule has 0 saturated carbocycles. The van der Waals surface area contributed by atoms with Crippen LogP contribution in [0.25, 0.3) is 0 Å². The number of amides is 1. The smallest absolute Gasteiger partial charge is 0.406 e. The summed E-state index contributed by atoms with van der Waals surface area (Å²) in [4.78, 5) is 24.6. The van der Waals surface area contributed by atoms with Crippen LogP contribution < -0.4 is 9.64 Å². The SMILES string of the molecule is N#CC1C(=O)CCN(c2ccc(OC(F)(F)F)cc2)C1=O. The number of Topliss-reactive ketones (excluding diaryl/α,β-unsaturated/α-hetero) is 1. The number of anilines is 1. The minimum absolute atomic E-state index is 0.0325. The van der Waals surface area contributed by atoms with Gasteiger partial charge in [0, 0.05) is 18.7 Å². The van der Waals surface area contributed by atoms with Gasteiger partial charge in [-0.25, -0.2) is 0 Å². The normalized spacial score (nSPS) is 19.3. The molecule has 0 aliphatic carbocycles. The van der Waals surface area contributed by atoms with Gasteiger partial charge in [-0.1, -0.05) is 0 Å². The fourth-order valence-electron chi connectivity index (χ4n) is 1.98. The van der Waals surface area contributed by atoms with E-state index in [-0.39, 0.29) is 13.0 Å². The number of carbonyl (C=O) groups excluding carboxylic acids is 2. The molecule has 110 valence electrons. The first-order valence-electron chi connectivity index (χ1n) is 5.91. The molecular weight excluding hydrogens is 289 g/mol. The van der Waals surface area contributed by atoms with Crippen LogP contribution in [0.5, 0.6) is 5.75 Å². The number of halogens is 3. The van der Waals surface area contributed by atoms with Crippen molar-refractivity contribution in [3.8, 4) is 11.8 Å². The van der Waals surface area contributed by atoms with Gasteiger partial charge in [0.25, 0.3) is 5.91 Å². The van der Waals surface area contributed by atoms with Crippen molar-refractivity contribution in [1.29, 1.82) is 5.26 Å². The number of carbonyl (C=O) groups is 2. The van der Waals surface area contributed by atoms with Crippen LogP contribution in [-0.2, 0) is 9.59 Å². The molecule has 5 nitrogen and oxygen atoms in total. The first-order chi connectivity index (χ1) is 9.81. The number of piperidine rings is 1. The highest BCUT2D eigenvalue weighted by Crippen LogP contribution is 2.27. The monoisotopic (exact) mass is 298 g/mol. The van der Waals surface area contributed by atoms with Gasteiger partial charge in [-0.05, 0) is 24.3 Å². The predicted molar refractivity (Wildman–Crippen MR) is 64.2 cm³/mol. The van der Waals surface area contributed by atoms with Crippen molar-refractivity contribution in [3.63, 3.8) is 0 Å². The van der Waals surface area contributed by atoms with Crippen molar-refractivity contribution in [1.82, 2.24) is 0 Å². The standard InChI is InChI=1S/C13H9F3N2O3/c14-13(15,16)21-9-3-1-8(2-4-9)18-6-5-11(19)10(7-17)12(18)20/h1-4,10H,5-6H2. The van der Waals surface area contributed by atoms with Gasteiger partial charge < -0.3 is 9.64 Å². The van der Waals surface area contributed by atoms with Gasteiger partial charge in [0.2, 0.25) is 0 Å². The molecule has 1 fully saturated rings. The van der Waals surface area contributed by atoms with Gasteiger partial charge in [-0.2, -0.15) is 5.26 Å². The number of nitriles is 1. The number of hydrogen-bond acceptors (Lipinski definition) is 4. The third kappa shape index (κ3) is 3.31. The molecule has 1 heterocycles. The summed E-state index contributed by atoms with van der Waals surface area (Å²) in [7, 11) is 0. The Morgan fingerprint density at radius 1 is 1.24 bits per heavy atom. The number of alkyl halides is 3. The van der Waals surface area contributed by atoms with E-state index < -0.39 is 29.7 Å². The van der Waals surface area contributed by atoms with E-state index in [0.717, 1.165) is 12.1 Å². The Balaban J connectivity index is 2.17. The lowest BCUT2D eigenvalue weighted by atomic mass is 9.96. The molecule has 1 unspecified atom stereocenters. The summed E-state index contributed by atoms with van der Waals surface area (Å²) >= 11 is 0. The summed E-state index contributed by atoms with van der Waals surface area (Å²) < 4.78 is 39.8. The quantitative estimate of drug-likeness (QED) is 0.783. The number of nitrogens with zero attached hydrogens (tertiary/aromatic N) is 2. The maximum absolute atomic E-state index is 12.0. The second kappa shape index (κ2) is 5.44. The molecule has 21 heavy (non-hydrogen) atoms. The van der Waals surface area contributed by atoms with E-state index in [2.05, 4.69) is 4.74 Å². The summed E-state index contributed by atoms with van der Waals surface area (Å²) in [6.45, 7) is 0.0926. The third-order valence-electron chi connectivity index (χ3n) is 2.93. The summed E-state index contributed by atoms with van der Waals surface area (Å²) in [5.41, 5.74) is 0.308. The maximum Gasteiger partial charge on any atom is 0.573 e. The molecule has 0 spiro atoms. The zero-order valence-electron chi connectivity index (χ0n) is 10.6. The summed E-state index contributed by atoms with van der Waals surface area (Å²) in [6.07, 6.45) is -4.76. The van der Waals surface area contributed by atoms with E-state index in [4.69, 9.17) is 5.26 Å². The highest BCUT2D eigenvalue weighted by atomic mass is 19.4. The van der Waals surface area contributed by atoms with Crippen LogP contribution >= 0.6 is 0 Å². The van der Waals surface area contributed by atoms with E-state index in [1.54, 1.807) is 6.07 Å².